The summed E-state index contributed by atoms with van der Waals surface area (Å²) in [5.74, 6) is -0.315. The minimum atomic E-state index is -0.769. The van der Waals surface area contributed by atoms with E-state index in [1.807, 2.05) is 25.1 Å². The van der Waals surface area contributed by atoms with E-state index in [1.54, 1.807) is 0 Å². The largest absolute Gasteiger partial charge is 0.480 e. The SMILES string of the molecule is CCC(NC(c1ccccc1)C(CC)CC)C(=O)O. The molecule has 1 rings (SSSR count). The van der Waals surface area contributed by atoms with Crippen LogP contribution >= 0.6 is 0 Å². The van der Waals surface area contributed by atoms with Gasteiger partial charge in [-0.2, -0.15) is 0 Å². The van der Waals surface area contributed by atoms with Gasteiger partial charge in [0.15, 0.2) is 0 Å². The van der Waals surface area contributed by atoms with Crippen LogP contribution < -0.4 is 5.32 Å². The molecule has 0 aromatic heterocycles. The van der Waals surface area contributed by atoms with Crippen molar-refractivity contribution in [1.82, 2.24) is 5.32 Å². The van der Waals surface area contributed by atoms with Crippen LogP contribution in [0.25, 0.3) is 0 Å². The molecular weight excluding hydrogens is 238 g/mol. The molecule has 2 unspecified atom stereocenters. The molecule has 0 spiro atoms. The highest BCUT2D eigenvalue weighted by Crippen LogP contribution is 2.28. The molecule has 2 N–H and O–H groups in total. The van der Waals surface area contributed by atoms with Gasteiger partial charge in [-0.15, -0.1) is 0 Å². The van der Waals surface area contributed by atoms with Gasteiger partial charge in [-0.25, -0.2) is 0 Å². The summed E-state index contributed by atoms with van der Waals surface area (Å²) in [6, 6.07) is 9.78. The van der Waals surface area contributed by atoms with Gasteiger partial charge in [0.05, 0.1) is 0 Å². The summed E-state index contributed by atoms with van der Waals surface area (Å²) >= 11 is 0. The van der Waals surface area contributed by atoms with Gasteiger partial charge in [-0.3, -0.25) is 10.1 Å². The molecule has 0 amide bonds. The van der Waals surface area contributed by atoms with E-state index < -0.39 is 12.0 Å². The van der Waals surface area contributed by atoms with Crippen molar-refractivity contribution < 1.29 is 9.90 Å². The molecule has 0 fully saturated rings. The number of aliphatic carboxylic acids is 1. The summed E-state index contributed by atoms with van der Waals surface area (Å²) < 4.78 is 0. The summed E-state index contributed by atoms with van der Waals surface area (Å²) in [6.07, 6.45) is 2.68. The zero-order valence-corrected chi connectivity index (χ0v) is 12.1. The first-order valence-electron chi connectivity index (χ1n) is 7.17. The number of hydrogen-bond donors (Lipinski definition) is 2. The van der Waals surface area contributed by atoms with Crippen molar-refractivity contribution in [2.45, 2.75) is 52.1 Å². The summed E-state index contributed by atoms with van der Waals surface area (Å²) in [6.45, 7) is 6.22. The Morgan fingerprint density at radius 1 is 1.11 bits per heavy atom. The van der Waals surface area contributed by atoms with E-state index in [0.717, 1.165) is 12.8 Å². The van der Waals surface area contributed by atoms with Gasteiger partial charge in [-0.05, 0) is 17.9 Å². The minimum absolute atomic E-state index is 0.109. The third-order valence-corrected chi connectivity index (χ3v) is 3.77. The van der Waals surface area contributed by atoms with Gasteiger partial charge in [0.2, 0.25) is 0 Å². The van der Waals surface area contributed by atoms with Crippen molar-refractivity contribution in [2.75, 3.05) is 0 Å². The van der Waals surface area contributed by atoms with E-state index in [0.29, 0.717) is 12.3 Å². The summed E-state index contributed by atoms with van der Waals surface area (Å²) in [5.41, 5.74) is 1.18. The van der Waals surface area contributed by atoms with Crippen LogP contribution in [0.5, 0.6) is 0 Å². The molecule has 0 bridgehead atoms. The summed E-state index contributed by atoms with van der Waals surface area (Å²) in [5, 5.41) is 12.6. The van der Waals surface area contributed by atoms with Crippen LogP contribution in [-0.2, 0) is 4.79 Å². The second-order valence-electron chi connectivity index (χ2n) is 4.93. The Kier molecular flexibility index (Phi) is 6.57. The first-order valence-corrected chi connectivity index (χ1v) is 7.17. The maximum atomic E-state index is 11.2. The quantitative estimate of drug-likeness (QED) is 0.753. The van der Waals surface area contributed by atoms with Gasteiger partial charge in [-0.1, -0.05) is 63.9 Å². The molecule has 0 aliphatic carbocycles. The highest BCUT2D eigenvalue weighted by Gasteiger charge is 2.25. The molecule has 106 valence electrons. The molecule has 0 aliphatic heterocycles. The number of benzene rings is 1. The van der Waals surface area contributed by atoms with Gasteiger partial charge >= 0.3 is 5.97 Å². The standard InChI is InChI=1S/C16H25NO2/c1-4-12(5-2)15(13-10-8-7-9-11-13)17-14(6-3)16(18)19/h7-12,14-15,17H,4-6H2,1-3H3,(H,18,19). The predicted molar refractivity (Wildman–Crippen MR) is 78.1 cm³/mol. The fraction of sp³-hybridized carbons (Fsp3) is 0.562. The molecule has 1 aromatic carbocycles. The monoisotopic (exact) mass is 263 g/mol. The fourth-order valence-electron chi connectivity index (χ4n) is 2.51. The van der Waals surface area contributed by atoms with Crippen molar-refractivity contribution in [2.24, 2.45) is 5.92 Å². The highest BCUT2D eigenvalue weighted by molar-refractivity contribution is 5.73. The lowest BCUT2D eigenvalue weighted by atomic mass is 9.88. The predicted octanol–water partition coefficient (Wildman–Crippen LogP) is 3.62. The lowest BCUT2D eigenvalue weighted by Crippen LogP contribution is -2.41. The lowest BCUT2D eigenvalue weighted by molar-refractivity contribution is -0.139. The zero-order valence-electron chi connectivity index (χ0n) is 12.1. The molecule has 3 nitrogen and oxygen atoms in total. The van der Waals surface area contributed by atoms with Gasteiger partial charge in [0.25, 0.3) is 0 Å². The molecule has 0 heterocycles. The number of hydrogen-bond acceptors (Lipinski definition) is 2. The van der Waals surface area contributed by atoms with Crippen molar-refractivity contribution in [3.63, 3.8) is 0 Å². The van der Waals surface area contributed by atoms with Crippen LogP contribution in [0.2, 0.25) is 0 Å². The Morgan fingerprint density at radius 2 is 1.68 bits per heavy atom. The molecule has 1 aromatic rings. The van der Waals surface area contributed by atoms with E-state index >= 15 is 0 Å². The second-order valence-corrected chi connectivity index (χ2v) is 4.93. The minimum Gasteiger partial charge on any atom is -0.480 e. The van der Waals surface area contributed by atoms with Crippen molar-refractivity contribution in [3.05, 3.63) is 35.9 Å². The average molecular weight is 263 g/mol. The van der Waals surface area contributed by atoms with Gasteiger partial charge in [0, 0.05) is 6.04 Å². The third-order valence-electron chi connectivity index (χ3n) is 3.77. The molecule has 3 heteroatoms. The van der Waals surface area contributed by atoms with Crippen molar-refractivity contribution >= 4 is 5.97 Å². The molecule has 0 saturated heterocycles. The van der Waals surface area contributed by atoms with E-state index in [9.17, 15) is 9.90 Å². The van der Waals surface area contributed by atoms with E-state index in [2.05, 4.69) is 31.3 Å². The van der Waals surface area contributed by atoms with Gasteiger partial charge < -0.3 is 5.11 Å². The molecule has 0 radical (unpaired) electrons. The van der Waals surface area contributed by atoms with E-state index in [1.165, 1.54) is 5.56 Å². The number of nitrogens with one attached hydrogen (secondary N) is 1. The Morgan fingerprint density at radius 3 is 2.11 bits per heavy atom. The fourth-order valence-corrected chi connectivity index (χ4v) is 2.51. The number of carboxylic acid groups (broad SMARTS) is 1. The maximum Gasteiger partial charge on any atom is 0.320 e. The van der Waals surface area contributed by atoms with Crippen molar-refractivity contribution in [3.8, 4) is 0 Å². The second kappa shape index (κ2) is 7.95. The normalized spacial score (nSPS) is 14.3. The number of carboxylic acids is 1. The first kappa shape index (κ1) is 15.7. The highest BCUT2D eigenvalue weighted by atomic mass is 16.4. The molecular formula is C16H25NO2. The maximum absolute atomic E-state index is 11.2. The third kappa shape index (κ3) is 4.35. The van der Waals surface area contributed by atoms with E-state index in [-0.39, 0.29) is 6.04 Å². The number of rotatable bonds is 8. The first-order chi connectivity index (χ1) is 9.13. The molecule has 0 aliphatic rings. The summed E-state index contributed by atoms with van der Waals surface area (Å²) in [7, 11) is 0. The van der Waals surface area contributed by atoms with E-state index in [4.69, 9.17) is 0 Å². The van der Waals surface area contributed by atoms with Crippen LogP contribution in [0.1, 0.15) is 51.6 Å². The van der Waals surface area contributed by atoms with Crippen LogP contribution in [0.4, 0.5) is 0 Å². The summed E-state index contributed by atoms with van der Waals surface area (Å²) in [4.78, 5) is 11.2. The lowest BCUT2D eigenvalue weighted by Gasteiger charge is -2.29. The van der Waals surface area contributed by atoms with Crippen LogP contribution in [0, 0.1) is 5.92 Å². The molecule has 2 atom stereocenters. The zero-order chi connectivity index (χ0) is 14.3. The average Bonchev–Trinajstić information content (AvgIpc) is 2.44. The molecule has 0 saturated carbocycles. The van der Waals surface area contributed by atoms with Crippen LogP contribution in [-0.4, -0.2) is 17.1 Å². The van der Waals surface area contributed by atoms with Crippen LogP contribution in [0.15, 0.2) is 30.3 Å². The van der Waals surface area contributed by atoms with Gasteiger partial charge in [0.1, 0.15) is 6.04 Å². The number of carbonyl (C=O) groups is 1. The molecule has 19 heavy (non-hydrogen) atoms. The van der Waals surface area contributed by atoms with Crippen molar-refractivity contribution in [1.29, 1.82) is 0 Å². The van der Waals surface area contributed by atoms with Crippen LogP contribution in [0.3, 0.4) is 0 Å². The Bertz CT molecular complexity index is 374. The Labute approximate surface area is 116 Å². The topological polar surface area (TPSA) is 49.3 Å². The Balaban J connectivity index is 2.96. The smallest absolute Gasteiger partial charge is 0.320 e. The Hall–Kier alpha value is -1.35.